The van der Waals surface area contributed by atoms with Crippen LogP contribution in [0.2, 0.25) is 5.02 Å². The second kappa shape index (κ2) is 13.3. The van der Waals surface area contributed by atoms with Crippen molar-refractivity contribution in [2.45, 2.75) is 32.6 Å². The third kappa shape index (κ3) is 5.33. The zero-order chi connectivity index (χ0) is 40.2. The summed E-state index contributed by atoms with van der Waals surface area (Å²) in [6, 6.07) is 31.3. The standard InChI is InChI=1S/C46H38ClN5O5S/c1-24-33-21-26(47)11-20-37(33)58-41(24)36-23-38(50(3)49-36)52-43(55)35-22-34-31(40(46(35,2)45(52)57)25-9-16-30(53)17-10-25)18-19-32-39(34)44(56)51(42(32)54)29-14-12-28(13-15-29)48-27-7-5-4-6-8-27/h4-18,20-21,23,32,34-35,39-40,48,53H,19,22H2,1-3H3. The van der Waals surface area contributed by atoms with Gasteiger partial charge in [0.25, 0.3) is 0 Å². The number of thiophene rings is 1. The van der Waals surface area contributed by atoms with Crippen molar-refractivity contribution in [3.05, 3.63) is 131 Å². The van der Waals surface area contributed by atoms with E-state index in [4.69, 9.17) is 16.7 Å². The van der Waals surface area contributed by atoms with E-state index in [1.807, 2.05) is 80.6 Å². The van der Waals surface area contributed by atoms with Crippen molar-refractivity contribution in [2.24, 2.45) is 36.1 Å². The maximum absolute atomic E-state index is 15.1. The van der Waals surface area contributed by atoms with Gasteiger partial charge in [0.15, 0.2) is 0 Å². The summed E-state index contributed by atoms with van der Waals surface area (Å²) in [6.07, 6.45) is 2.59. The van der Waals surface area contributed by atoms with E-state index in [0.29, 0.717) is 28.6 Å². The number of hydrogen-bond donors (Lipinski definition) is 2. The zero-order valence-electron chi connectivity index (χ0n) is 31.8. The van der Waals surface area contributed by atoms with Crippen molar-refractivity contribution in [1.82, 2.24) is 9.78 Å². The Morgan fingerprint density at radius 3 is 2.31 bits per heavy atom. The number of para-hydroxylation sites is 1. The molecule has 3 fully saturated rings. The van der Waals surface area contributed by atoms with Crippen LogP contribution >= 0.6 is 22.9 Å². The molecule has 4 heterocycles. The van der Waals surface area contributed by atoms with E-state index in [9.17, 15) is 19.5 Å². The van der Waals surface area contributed by atoms with Gasteiger partial charge in [0.1, 0.15) is 17.3 Å². The fraction of sp³-hybridized carbons (Fsp3) is 0.239. The highest BCUT2D eigenvalue weighted by Gasteiger charge is 2.68. The summed E-state index contributed by atoms with van der Waals surface area (Å²) in [5, 5.41) is 20.1. The molecule has 4 amide bonds. The molecule has 10 nitrogen and oxygen atoms in total. The number of aromatic nitrogens is 2. The van der Waals surface area contributed by atoms with Gasteiger partial charge >= 0.3 is 0 Å². The molecule has 0 radical (unpaired) electrons. The highest BCUT2D eigenvalue weighted by Crippen LogP contribution is 2.64. The zero-order valence-corrected chi connectivity index (χ0v) is 33.4. The van der Waals surface area contributed by atoms with E-state index in [-0.39, 0.29) is 35.8 Å². The molecule has 4 aliphatic rings. The maximum Gasteiger partial charge on any atom is 0.242 e. The van der Waals surface area contributed by atoms with Gasteiger partial charge in [-0.05, 0) is 116 Å². The van der Waals surface area contributed by atoms with E-state index in [0.717, 1.165) is 43.0 Å². The number of halogens is 1. The molecule has 6 atom stereocenters. The molecule has 290 valence electrons. The van der Waals surface area contributed by atoms with Crippen molar-refractivity contribution in [2.75, 3.05) is 15.1 Å². The summed E-state index contributed by atoms with van der Waals surface area (Å²) in [6.45, 7) is 3.87. The number of phenolic OH excluding ortho intramolecular Hbond substituents is 1. The van der Waals surface area contributed by atoms with Gasteiger partial charge in [0, 0.05) is 40.1 Å². The smallest absolute Gasteiger partial charge is 0.242 e. The number of rotatable bonds is 6. The number of fused-ring (bicyclic) bond motifs is 5. The van der Waals surface area contributed by atoms with Crippen LogP contribution in [0.15, 0.2) is 115 Å². The van der Waals surface area contributed by atoms with Crippen LogP contribution in [-0.4, -0.2) is 38.5 Å². The largest absolute Gasteiger partial charge is 0.508 e. The van der Waals surface area contributed by atoms with Crippen molar-refractivity contribution in [1.29, 1.82) is 0 Å². The maximum atomic E-state index is 15.1. The van der Waals surface area contributed by atoms with Gasteiger partial charge in [-0.1, -0.05) is 53.6 Å². The number of aromatic hydroxyl groups is 1. The first-order valence-corrected chi connectivity index (χ1v) is 20.5. The van der Waals surface area contributed by atoms with Crippen LogP contribution in [-0.2, 0) is 26.2 Å². The lowest BCUT2D eigenvalue weighted by Gasteiger charge is -2.49. The Balaban J connectivity index is 1.01. The third-order valence-corrected chi connectivity index (χ3v) is 14.4. The molecular formula is C46H38ClN5O5S. The number of allylic oxidation sites excluding steroid dienone is 2. The molecule has 4 aromatic carbocycles. The molecule has 0 bridgehead atoms. The first-order chi connectivity index (χ1) is 27.9. The fourth-order valence-corrected chi connectivity index (χ4v) is 11.4. The van der Waals surface area contributed by atoms with Crippen LogP contribution in [0.3, 0.4) is 0 Å². The Bertz CT molecular complexity index is 2740. The number of nitrogens with one attached hydrogen (secondary N) is 1. The second-order valence-electron chi connectivity index (χ2n) is 16.0. The summed E-state index contributed by atoms with van der Waals surface area (Å²) in [5.74, 6) is -4.01. The summed E-state index contributed by atoms with van der Waals surface area (Å²) < 4.78 is 2.63. The average molecular weight is 808 g/mol. The van der Waals surface area contributed by atoms with Gasteiger partial charge < -0.3 is 10.4 Å². The molecule has 6 unspecified atom stereocenters. The number of imide groups is 2. The molecular weight excluding hydrogens is 770 g/mol. The van der Waals surface area contributed by atoms with Gasteiger partial charge in [0.2, 0.25) is 23.6 Å². The van der Waals surface area contributed by atoms with Crippen molar-refractivity contribution in [3.8, 4) is 16.3 Å². The number of carbonyl (C=O) groups is 4. The van der Waals surface area contributed by atoms with Crippen molar-refractivity contribution in [3.63, 3.8) is 0 Å². The number of benzene rings is 4. The van der Waals surface area contributed by atoms with Crippen molar-refractivity contribution < 1.29 is 24.3 Å². The highest BCUT2D eigenvalue weighted by molar-refractivity contribution is 7.22. The number of aryl methyl sites for hydroxylation is 2. The summed E-state index contributed by atoms with van der Waals surface area (Å²) >= 11 is 7.91. The van der Waals surface area contributed by atoms with E-state index >= 15 is 4.79 Å². The fourth-order valence-electron chi connectivity index (χ4n) is 10.1. The Morgan fingerprint density at radius 1 is 0.845 bits per heavy atom. The molecule has 2 N–H and O–H groups in total. The molecule has 10 rings (SSSR count). The number of anilines is 4. The molecule has 12 heteroatoms. The van der Waals surface area contributed by atoms with Crippen LogP contribution in [0.4, 0.5) is 22.9 Å². The molecule has 58 heavy (non-hydrogen) atoms. The van der Waals surface area contributed by atoms with Crippen molar-refractivity contribution >= 4 is 79.5 Å². The Morgan fingerprint density at radius 2 is 1.57 bits per heavy atom. The molecule has 1 saturated carbocycles. The SMILES string of the molecule is Cc1c(-c2cc(N3C(=O)C4CC5C(=CCC6C(=O)N(c7ccc(Nc8ccccc8)cc7)C(=O)C65)C(c5ccc(O)cc5)C4(C)C3=O)n(C)n2)sc2ccc(Cl)cc12. The lowest BCUT2D eigenvalue weighted by Crippen LogP contribution is -2.48. The predicted molar refractivity (Wildman–Crippen MR) is 225 cm³/mol. The molecule has 0 spiro atoms. The Kier molecular flexibility index (Phi) is 8.30. The van der Waals surface area contributed by atoms with Crippen LogP contribution in [0, 0.1) is 36.0 Å². The van der Waals surface area contributed by atoms with Crippen LogP contribution in [0.25, 0.3) is 20.7 Å². The van der Waals surface area contributed by atoms with Gasteiger partial charge in [-0.15, -0.1) is 11.3 Å². The number of carbonyl (C=O) groups excluding carboxylic acids is 4. The van der Waals surface area contributed by atoms with Crippen LogP contribution < -0.4 is 15.1 Å². The highest BCUT2D eigenvalue weighted by atomic mass is 35.5. The minimum atomic E-state index is -1.23. The molecule has 2 saturated heterocycles. The van der Waals surface area contributed by atoms with Gasteiger partial charge in [-0.3, -0.25) is 28.8 Å². The summed E-state index contributed by atoms with van der Waals surface area (Å²) in [7, 11) is 1.73. The minimum Gasteiger partial charge on any atom is -0.508 e. The van der Waals surface area contributed by atoms with E-state index in [1.54, 1.807) is 65.5 Å². The minimum absolute atomic E-state index is 0.0735. The third-order valence-electron chi connectivity index (χ3n) is 12.9. The molecule has 2 aliphatic heterocycles. The topological polar surface area (TPSA) is 125 Å². The van der Waals surface area contributed by atoms with E-state index in [1.165, 1.54) is 9.80 Å². The summed E-state index contributed by atoms with van der Waals surface area (Å²) in [4.78, 5) is 62.3. The first-order valence-electron chi connectivity index (χ1n) is 19.3. The average Bonchev–Trinajstić information content (AvgIpc) is 3.89. The quantitative estimate of drug-likeness (QED) is 0.127. The number of phenols is 1. The monoisotopic (exact) mass is 807 g/mol. The predicted octanol–water partition coefficient (Wildman–Crippen LogP) is 9.15. The second-order valence-corrected chi connectivity index (χ2v) is 17.5. The van der Waals surface area contributed by atoms with Gasteiger partial charge in [-0.2, -0.15) is 5.10 Å². The lowest BCUT2D eigenvalue weighted by molar-refractivity contribution is -0.131. The first kappa shape index (κ1) is 36.3. The molecule has 2 aromatic heterocycles. The number of nitrogens with zero attached hydrogens (tertiary/aromatic N) is 4. The number of hydrogen-bond acceptors (Lipinski definition) is 8. The summed E-state index contributed by atoms with van der Waals surface area (Å²) in [5.41, 5.74) is 4.27. The van der Waals surface area contributed by atoms with E-state index in [2.05, 4.69) is 5.32 Å². The Hall–Kier alpha value is -6.04. The van der Waals surface area contributed by atoms with Gasteiger partial charge in [0.05, 0.1) is 33.7 Å². The number of amides is 4. The molecule has 6 aromatic rings. The van der Waals surface area contributed by atoms with Crippen LogP contribution in [0.5, 0.6) is 5.75 Å². The normalized spacial score (nSPS) is 25.2. The lowest BCUT2D eigenvalue weighted by atomic mass is 9.51. The molecule has 2 aliphatic carbocycles. The van der Waals surface area contributed by atoms with Gasteiger partial charge in [-0.25, -0.2) is 4.90 Å². The van der Waals surface area contributed by atoms with Crippen LogP contribution in [0.1, 0.15) is 36.8 Å². The van der Waals surface area contributed by atoms with E-state index < -0.39 is 35.0 Å². The Labute approximate surface area is 343 Å².